The van der Waals surface area contributed by atoms with Crippen LogP contribution in [-0.2, 0) is 0 Å². The van der Waals surface area contributed by atoms with Crippen molar-refractivity contribution in [2.45, 2.75) is 9.79 Å². The van der Waals surface area contributed by atoms with Crippen molar-refractivity contribution in [2.24, 2.45) is 0 Å². The van der Waals surface area contributed by atoms with E-state index >= 15 is 0 Å². The molecule has 0 saturated heterocycles. The predicted molar refractivity (Wildman–Crippen MR) is 75.0 cm³/mol. The molecular formula is C15H12O4S. The Morgan fingerprint density at radius 1 is 1.05 bits per heavy atom. The zero-order chi connectivity index (χ0) is 13.9. The van der Waals surface area contributed by atoms with Gasteiger partial charge in [-0.3, -0.25) is 0 Å². The summed E-state index contributed by atoms with van der Waals surface area (Å²) in [5.74, 6) is 0.506. The average Bonchev–Trinajstić information content (AvgIpc) is 2.47. The molecule has 0 unspecified atom stereocenters. The molecule has 1 aliphatic rings. The maximum absolute atomic E-state index is 11.2. The third-order valence-corrected chi connectivity index (χ3v) is 3.92. The molecule has 0 atom stereocenters. The Labute approximate surface area is 120 Å². The van der Waals surface area contributed by atoms with Crippen molar-refractivity contribution in [2.75, 3.05) is 13.2 Å². The van der Waals surface area contributed by atoms with Crippen molar-refractivity contribution >= 4 is 17.7 Å². The minimum Gasteiger partial charge on any atom is -0.486 e. The van der Waals surface area contributed by atoms with Gasteiger partial charge >= 0.3 is 5.97 Å². The van der Waals surface area contributed by atoms with Gasteiger partial charge in [-0.25, -0.2) is 4.79 Å². The first-order chi connectivity index (χ1) is 9.74. The van der Waals surface area contributed by atoms with E-state index in [-0.39, 0.29) is 0 Å². The number of hydrogen-bond acceptors (Lipinski definition) is 4. The number of carboxylic acid groups (broad SMARTS) is 1. The van der Waals surface area contributed by atoms with E-state index in [9.17, 15) is 9.90 Å². The Bertz CT molecular complexity index is 654. The number of ether oxygens (including phenoxy) is 2. The van der Waals surface area contributed by atoms with Crippen LogP contribution >= 0.6 is 11.8 Å². The van der Waals surface area contributed by atoms with Gasteiger partial charge in [0.15, 0.2) is 11.5 Å². The lowest BCUT2D eigenvalue weighted by Crippen LogP contribution is -2.15. The topological polar surface area (TPSA) is 55.8 Å². The first kappa shape index (κ1) is 12.9. The fourth-order valence-electron chi connectivity index (χ4n) is 1.95. The van der Waals surface area contributed by atoms with E-state index < -0.39 is 5.97 Å². The van der Waals surface area contributed by atoms with Crippen LogP contribution in [0.5, 0.6) is 11.5 Å². The summed E-state index contributed by atoms with van der Waals surface area (Å²) in [5.41, 5.74) is 0.299. The average molecular weight is 288 g/mol. The molecule has 1 aliphatic heterocycles. The van der Waals surface area contributed by atoms with E-state index in [4.69, 9.17) is 9.47 Å². The molecule has 0 radical (unpaired) electrons. The van der Waals surface area contributed by atoms with Gasteiger partial charge in [0.2, 0.25) is 0 Å². The highest BCUT2D eigenvalue weighted by atomic mass is 32.2. The second-order valence-electron chi connectivity index (χ2n) is 4.21. The third kappa shape index (κ3) is 2.58. The van der Waals surface area contributed by atoms with Crippen molar-refractivity contribution in [1.29, 1.82) is 0 Å². The van der Waals surface area contributed by atoms with Gasteiger partial charge in [0.25, 0.3) is 0 Å². The molecule has 0 amide bonds. The third-order valence-electron chi connectivity index (χ3n) is 2.86. The molecular weight excluding hydrogens is 276 g/mol. The largest absolute Gasteiger partial charge is 0.486 e. The number of rotatable bonds is 3. The van der Waals surface area contributed by atoms with Crippen LogP contribution in [0.2, 0.25) is 0 Å². The molecule has 4 nitrogen and oxygen atoms in total. The van der Waals surface area contributed by atoms with Crippen LogP contribution in [-0.4, -0.2) is 24.3 Å². The fraction of sp³-hybridized carbons (Fsp3) is 0.133. The van der Waals surface area contributed by atoms with Gasteiger partial charge in [-0.2, -0.15) is 0 Å². The Kier molecular flexibility index (Phi) is 3.52. The first-order valence-corrected chi connectivity index (χ1v) is 6.95. The molecule has 0 spiro atoms. The zero-order valence-corrected chi connectivity index (χ0v) is 11.4. The molecule has 0 aromatic heterocycles. The van der Waals surface area contributed by atoms with E-state index in [1.807, 2.05) is 24.3 Å². The monoisotopic (exact) mass is 288 g/mol. The second kappa shape index (κ2) is 5.46. The number of benzene rings is 2. The van der Waals surface area contributed by atoms with Gasteiger partial charge in [-0.15, -0.1) is 0 Å². The van der Waals surface area contributed by atoms with Crippen molar-refractivity contribution in [3.63, 3.8) is 0 Å². The lowest BCUT2D eigenvalue weighted by Gasteiger charge is -2.18. The zero-order valence-electron chi connectivity index (χ0n) is 10.5. The van der Waals surface area contributed by atoms with E-state index in [1.54, 1.807) is 18.2 Å². The maximum Gasteiger partial charge on any atom is 0.336 e. The molecule has 1 heterocycles. The summed E-state index contributed by atoms with van der Waals surface area (Å²) in [6.45, 7) is 1.09. The van der Waals surface area contributed by atoms with E-state index in [1.165, 1.54) is 11.8 Å². The Balaban J connectivity index is 1.90. The summed E-state index contributed by atoms with van der Waals surface area (Å²) < 4.78 is 11.0. The minimum atomic E-state index is -0.925. The molecule has 102 valence electrons. The molecule has 3 rings (SSSR count). The van der Waals surface area contributed by atoms with Crippen LogP contribution in [0.4, 0.5) is 0 Å². The van der Waals surface area contributed by atoms with E-state index in [2.05, 4.69) is 0 Å². The van der Waals surface area contributed by atoms with Gasteiger partial charge in [-0.05, 0) is 30.3 Å². The molecule has 1 N–H and O–H groups in total. The molecule has 20 heavy (non-hydrogen) atoms. The summed E-state index contributed by atoms with van der Waals surface area (Å²) in [4.78, 5) is 12.8. The quantitative estimate of drug-likeness (QED) is 0.939. The summed E-state index contributed by atoms with van der Waals surface area (Å²) >= 11 is 1.40. The van der Waals surface area contributed by atoms with E-state index in [0.717, 1.165) is 10.6 Å². The fourth-order valence-corrected chi connectivity index (χ4v) is 2.91. The maximum atomic E-state index is 11.2. The lowest BCUT2D eigenvalue weighted by atomic mass is 10.2. The molecule has 0 fully saturated rings. The van der Waals surface area contributed by atoms with Crippen molar-refractivity contribution in [3.8, 4) is 11.5 Å². The summed E-state index contributed by atoms with van der Waals surface area (Å²) in [6.07, 6.45) is 0. The van der Waals surface area contributed by atoms with Crippen LogP contribution in [0.25, 0.3) is 0 Å². The predicted octanol–water partition coefficient (Wildman–Crippen LogP) is 3.31. The SMILES string of the molecule is O=C(O)c1ccccc1Sc1ccc2c(c1)OCCO2. The molecule has 2 aromatic rings. The van der Waals surface area contributed by atoms with Crippen LogP contribution in [0, 0.1) is 0 Å². The van der Waals surface area contributed by atoms with Crippen LogP contribution in [0.15, 0.2) is 52.3 Å². The van der Waals surface area contributed by atoms with Gasteiger partial charge in [0, 0.05) is 9.79 Å². The van der Waals surface area contributed by atoms with Gasteiger partial charge in [0.1, 0.15) is 13.2 Å². The van der Waals surface area contributed by atoms with Crippen LogP contribution < -0.4 is 9.47 Å². The number of fused-ring (bicyclic) bond motifs is 1. The standard InChI is InChI=1S/C15H12O4S/c16-15(17)11-3-1-2-4-14(11)20-10-5-6-12-13(9-10)19-8-7-18-12/h1-6,9H,7-8H2,(H,16,17). The summed E-state index contributed by atoms with van der Waals surface area (Å²) in [5, 5.41) is 9.18. The highest BCUT2D eigenvalue weighted by Gasteiger charge is 2.14. The summed E-state index contributed by atoms with van der Waals surface area (Å²) in [7, 11) is 0. The molecule has 0 saturated carbocycles. The minimum absolute atomic E-state index is 0.299. The number of carboxylic acids is 1. The molecule has 0 bridgehead atoms. The Morgan fingerprint density at radius 2 is 1.80 bits per heavy atom. The lowest BCUT2D eigenvalue weighted by molar-refractivity contribution is 0.0693. The second-order valence-corrected chi connectivity index (χ2v) is 5.32. The van der Waals surface area contributed by atoms with Crippen molar-refractivity contribution < 1.29 is 19.4 Å². The van der Waals surface area contributed by atoms with E-state index in [0.29, 0.717) is 29.4 Å². The van der Waals surface area contributed by atoms with Gasteiger partial charge < -0.3 is 14.6 Å². The van der Waals surface area contributed by atoms with Gasteiger partial charge in [-0.1, -0.05) is 23.9 Å². The summed E-state index contributed by atoms with van der Waals surface area (Å²) in [6, 6.07) is 12.6. The normalized spacial score (nSPS) is 13.0. The molecule has 2 aromatic carbocycles. The Hall–Kier alpha value is -2.14. The number of carbonyl (C=O) groups is 1. The van der Waals surface area contributed by atoms with Crippen LogP contribution in [0.1, 0.15) is 10.4 Å². The van der Waals surface area contributed by atoms with Crippen molar-refractivity contribution in [3.05, 3.63) is 48.0 Å². The Morgan fingerprint density at radius 3 is 2.60 bits per heavy atom. The van der Waals surface area contributed by atoms with Gasteiger partial charge in [0.05, 0.1) is 5.56 Å². The number of hydrogen-bond donors (Lipinski definition) is 1. The molecule has 0 aliphatic carbocycles. The molecule has 5 heteroatoms. The highest BCUT2D eigenvalue weighted by Crippen LogP contribution is 2.37. The highest BCUT2D eigenvalue weighted by molar-refractivity contribution is 7.99. The van der Waals surface area contributed by atoms with Crippen LogP contribution in [0.3, 0.4) is 0 Å². The smallest absolute Gasteiger partial charge is 0.336 e. The number of aromatic carboxylic acids is 1. The first-order valence-electron chi connectivity index (χ1n) is 6.14. The van der Waals surface area contributed by atoms with Crippen molar-refractivity contribution in [1.82, 2.24) is 0 Å².